The second kappa shape index (κ2) is 8.94. The molecule has 0 saturated heterocycles. The molecule has 142 valence electrons. The van der Waals surface area contributed by atoms with Crippen LogP contribution in [0.4, 0.5) is 4.39 Å². The normalized spacial score (nSPS) is 11.5. The topological polar surface area (TPSA) is 30.5 Å². The molecule has 3 nitrogen and oxygen atoms in total. The molecule has 0 amide bonds. The van der Waals surface area contributed by atoms with Crippen molar-refractivity contribution in [2.45, 2.75) is 46.4 Å². The van der Waals surface area contributed by atoms with Gasteiger partial charge in [0.1, 0.15) is 12.4 Å². The third kappa shape index (κ3) is 6.04. The van der Waals surface area contributed by atoms with Gasteiger partial charge in [0.15, 0.2) is 11.5 Å². The summed E-state index contributed by atoms with van der Waals surface area (Å²) >= 11 is 12.5. The first-order valence-corrected chi connectivity index (χ1v) is 9.22. The van der Waals surface area contributed by atoms with Gasteiger partial charge < -0.3 is 14.8 Å². The molecule has 0 unspecified atom stereocenters. The van der Waals surface area contributed by atoms with E-state index in [0.29, 0.717) is 40.3 Å². The van der Waals surface area contributed by atoms with Gasteiger partial charge in [-0.25, -0.2) is 4.39 Å². The van der Waals surface area contributed by atoms with Gasteiger partial charge in [0, 0.05) is 28.7 Å². The molecule has 2 aromatic carbocycles. The Labute approximate surface area is 164 Å². The largest absolute Gasteiger partial charge is 0.490 e. The molecule has 0 atom stereocenters. The Morgan fingerprint density at radius 2 is 1.62 bits per heavy atom. The monoisotopic (exact) mass is 399 g/mol. The van der Waals surface area contributed by atoms with Gasteiger partial charge in [-0.1, -0.05) is 29.3 Å². The molecule has 0 fully saturated rings. The van der Waals surface area contributed by atoms with Gasteiger partial charge in [-0.3, -0.25) is 0 Å². The smallest absolute Gasteiger partial charge is 0.163 e. The minimum atomic E-state index is -0.382. The second-order valence-electron chi connectivity index (χ2n) is 6.95. The third-order valence-electron chi connectivity index (χ3n) is 3.62. The van der Waals surface area contributed by atoms with Crippen LogP contribution in [0, 0.1) is 5.82 Å². The van der Waals surface area contributed by atoms with E-state index >= 15 is 0 Å². The van der Waals surface area contributed by atoms with Gasteiger partial charge in [0.2, 0.25) is 0 Å². The molecule has 2 rings (SSSR count). The van der Waals surface area contributed by atoms with Crippen molar-refractivity contribution < 1.29 is 13.9 Å². The molecule has 6 heteroatoms. The molecule has 0 aromatic heterocycles. The standard InChI is InChI=1S/C20H24Cl2FNO2/c1-5-25-18-8-14(11-24-20(2,3)4)17(22)10-19(18)26-12-13-6-7-15(23)9-16(13)21/h6-10,24H,5,11-12H2,1-4H3. The number of rotatable bonds is 7. The van der Waals surface area contributed by atoms with Crippen molar-refractivity contribution in [1.29, 1.82) is 0 Å². The first kappa shape index (κ1) is 20.8. The summed E-state index contributed by atoms with van der Waals surface area (Å²) in [6.45, 7) is 9.49. The van der Waals surface area contributed by atoms with E-state index in [0.717, 1.165) is 5.56 Å². The lowest BCUT2D eigenvalue weighted by atomic mass is 10.1. The molecule has 0 heterocycles. The van der Waals surface area contributed by atoms with E-state index in [9.17, 15) is 4.39 Å². The fourth-order valence-corrected chi connectivity index (χ4v) is 2.69. The summed E-state index contributed by atoms with van der Waals surface area (Å²) in [6, 6.07) is 7.83. The fraction of sp³-hybridized carbons (Fsp3) is 0.400. The van der Waals surface area contributed by atoms with Gasteiger partial charge in [-0.2, -0.15) is 0 Å². The summed E-state index contributed by atoms with van der Waals surface area (Å²) in [5.41, 5.74) is 1.59. The number of hydrogen-bond donors (Lipinski definition) is 1. The molecule has 0 radical (unpaired) electrons. The zero-order chi connectivity index (χ0) is 19.3. The average Bonchev–Trinajstić information content (AvgIpc) is 2.54. The van der Waals surface area contributed by atoms with Crippen molar-refractivity contribution in [2.24, 2.45) is 0 Å². The maximum atomic E-state index is 13.2. The number of nitrogens with one attached hydrogen (secondary N) is 1. The highest BCUT2D eigenvalue weighted by molar-refractivity contribution is 6.31. The summed E-state index contributed by atoms with van der Waals surface area (Å²) in [4.78, 5) is 0. The number of halogens is 3. The highest BCUT2D eigenvalue weighted by atomic mass is 35.5. The molecule has 2 aromatic rings. The van der Waals surface area contributed by atoms with E-state index in [1.54, 1.807) is 12.1 Å². The van der Waals surface area contributed by atoms with Gasteiger partial charge >= 0.3 is 0 Å². The Kier molecular flexibility index (Phi) is 7.16. The summed E-state index contributed by atoms with van der Waals surface area (Å²) in [5, 5.41) is 4.31. The Bertz CT molecular complexity index is 760. The van der Waals surface area contributed by atoms with Crippen LogP contribution in [0.1, 0.15) is 38.8 Å². The lowest BCUT2D eigenvalue weighted by Crippen LogP contribution is -2.35. The van der Waals surface area contributed by atoms with Crippen LogP contribution in [-0.4, -0.2) is 12.1 Å². The summed E-state index contributed by atoms with van der Waals surface area (Å²) < 4.78 is 24.7. The SMILES string of the molecule is CCOc1cc(CNC(C)(C)C)c(Cl)cc1OCc1ccc(F)cc1Cl. The molecule has 1 N–H and O–H groups in total. The lowest BCUT2D eigenvalue weighted by molar-refractivity contribution is 0.269. The minimum Gasteiger partial charge on any atom is -0.490 e. The van der Waals surface area contributed by atoms with Crippen LogP contribution in [-0.2, 0) is 13.2 Å². The van der Waals surface area contributed by atoms with Gasteiger partial charge in [0.05, 0.1) is 11.6 Å². The van der Waals surface area contributed by atoms with Crippen molar-refractivity contribution in [3.05, 3.63) is 57.3 Å². The van der Waals surface area contributed by atoms with Crippen molar-refractivity contribution in [3.63, 3.8) is 0 Å². The Hall–Kier alpha value is -1.49. The van der Waals surface area contributed by atoms with Crippen molar-refractivity contribution in [3.8, 4) is 11.5 Å². The maximum absolute atomic E-state index is 13.2. The highest BCUT2D eigenvalue weighted by Crippen LogP contribution is 2.35. The van der Waals surface area contributed by atoms with E-state index in [4.69, 9.17) is 32.7 Å². The van der Waals surface area contributed by atoms with E-state index in [-0.39, 0.29) is 18.0 Å². The molecule has 0 aliphatic heterocycles. The van der Waals surface area contributed by atoms with E-state index in [1.165, 1.54) is 12.1 Å². The number of ether oxygens (including phenoxy) is 2. The van der Waals surface area contributed by atoms with Crippen LogP contribution in [0.5, 0.6) is 11.5 Å². The van der Waals surface area contributed by atoms with Crippen LogP contribution in [0.15, 0.2) is 30.3 Å². The van der Waals surface area contributed by atoms with Crippen LogP contribution >= 0.6 is 23.2 Å². The van der Waals surface area contributed by atoms with E-state index in [1.807, 2.05) is 13.0 Å². The molecule has 0 bridgehead atoms. The van der Waals surface area contributed by atoms with E-state index in [2.05, 4.69) is 26.1 Å². The molecule has 0 spiro atoms. The van der Waals surface area contributed by atoms with E-state index < -0.39 is 0 Å². The van der Waals surface area contributed by atoms with Crippen LogP contribution in [0.2, 0.25) is 10.0 Å². The van der Waals surface area contributed by atoms with Crippen LogP contribution < -0.4 is 14.8 Å². The Morgan fingerprint density at radius 3 is 2.23 bits per heavy atom. The molecular formula is C20H24Cl2FNO2. The molecular weight excluding hydrogens is 376 g/mol. The average molecular weight is 400 g/mol. The Balaban J connectivity index is 2.20. The first-order chi connectivity index (χ1) is 12.2. The van der Waals surface area contributed by atoms with Gasteiger partial charge in [0.25, 0.3) is 0 Å². The van der Waals surface area contributed by atoms with Crippen LogP contribution in [0.3, 0.4) is 0 Å². The predicted octanol–water partition coefficient (Wildman–Crippen LogP) is 6.00. The van der Waals surface area contributed by atoms with Crippen molar-refractivity contribution >= 4 is 23.2 Å². The molecule has 0 aliphatic rings. The molecule has 0 saturated carbocycles. The van der Waals surface area contributed by atoms with Gasteiger partial charge in [-0.15, -0.1) is 0 Å². The molecule has 26 heavy (non-hydrogen) atoms. The Morgan fingerprint density at radius 1 is 0.962 bits per heavy atom. The quantitative estimate of drug-likeness (QED) is 0.619. The maximum Gasteiger partial charge on any atom is 0.163 e. The summed E-state index contributed by atoms with van der Waals surface area (Å²) in [6.07, 6.45) is 0. The van der Waals surface area contributed by atoms with Crippen molar-refractivity contribution in [2.75, 3.05) is 6.61 Å². The molecule has 0 aliphatic carbocycles. The van der Waals surface area contributed by atoms with Crippen LogP contribution in [0.25, 0.3) is 0 Å². The third-order valence-corrected chi connectivity index (χ3v) is 4.32. The van der Waals surface area contributed by atoms with Gasteiger partial charge in [-0.05, 0) is 51.5 Å². The number of benzene rings is 2. The fourth-order valence-electron chi connectivity index (χ4n) is 2.25. The zero-order valence-electron chi connectivity index (χ0n) is 15.5. The van der Waals surface area contributed by atoms with Crippen molar-refractivity contribution in [1.82, 2.24) is 5.32 Å². The summed E-state index contributed by atoms with van der Waals surface area (Å²) in [7, 11) is 0. The number of hydrogen-bond acceptors (Lipinski definition) is 3. The summed E-state index contributed by atoms with van der Waals surface area (Å²) in [5.74, 6) is 0.755. The minimum absolute atomic E-state index is 0.0242. The second-order valence-corrected chi connectivity index (χ2v) is 7.77. The first-order valence-electron chi connectivity index (χ1n) is 8.46. The highest BCUT2D eigenvalue weighted by Gasteiger charge is 2.15. The lowest BCUT2D eigenvalue weighted by Gasteiger charge is -2.22. The predicted molar refractivity (Wildman–Crippen MR) is 105 cm³/mol. The zero-order valence-corrected chi connectivity index (χ0v) is 17.0.